The molecule has 9 heteroatoms. The molecule has 2 N–H and O–H groups in total. The molecule has 1 aliphatic heterocycles. The van der Waals surface area contributed by atoms with Crippen molar-refractivity contribution in [1.82, 2.24) is 10.2 Å². The highest BCUT2D eigenvalue weighted by molar-refractivity contribution is 8.14. The second-order valence-electron chi connectivity index (χ2n) is 5.38. The average Bonchev–Trinajstić information content (AvgIpc) is 3.47. The van der Waals surface area contributed by atoms with E-state index in [0.717, 1.165) is 18.0 Å². The smallest absolute Gasteiger partial charge is 0.261 e. The number of thioether (sulfide) groups is 1. The topological polar surface area (TPSA) is 73.3 Å². The molecule has 0 unspecified atom stereocenters. The molecule has 0 atom stereocenters. The van der Waals surface area contributed by atoms with Crippen LogP contribution in [-0.2, 0) is 0 Å². The molecular weight excluding hydrogens is 434 g/mol. The Hall–Kier alpha value is -1.61. The molecule has 0 radical (unpaired) electrons. The van der Waals surface area contributed by atoms with E-state index in [1.165, 1.54) is 34.4 Å². The van der Waals surface area contributed by atoms with Crippen molar-refractivity contribution >= 4 is 62.9 Å². The van der Waals surface area contributed by atoms with Crippen molar-refractivity contribution in [2.24, 2.45) is 0 Å². The summed E-state index contributed by atoms with van der Waals surface area (Å²) in [5, 5.41) is 10.9. The van der Waals surface area contributed by atoms with Gasteiger partial charge in [0.15, 0.2) is 0 Å². The molecule has 0 spiro atoms. The van der Waals surface area contributed by atoms with Crippen LogP contribution >= 0.6 is 46.0 Å². The normalized spacial score (nSPS) is 12.5. The summed E-state index contributed by atoms with van der Waals surface area (Å²) in [7, 11) is 0. The molecule has 0 fully saturated rings. The van der Waals surface area contributed by atoms with Crippen LogP contribution in [-0.4, -0.2) is 47.1 Å². The van der Waals surface area contributed by atoms with Crippen LogP contribution in [0.2, 0.25) is 4.34 Å². The number of nitrogens with one attached hydrogen (secondary N) is 2. The van der Waals surface area contributed by atoms with Crippen molar-refractivity contribution in [3.63, 3.8) is 0 Å². The van der Waals surface area contributed by atoms with Crippen LogP contribution < -0.4 is 5.32 Å². The molecular formula is C19H22ClN3O2S3. The van der Waals surface area contributed by atoms with Gasteiger partial charge in [-0.15, -0.1) is 22.7 Å². The van der Waals surface area contributed by atoms with Crippen LogP contribution in [0.5, 0.6) is 0 Å². The monoisotopic (exact) mass is 455 g/mol. The Bertz CT molecular complexity index is 852. The quantitative estimate of drug-likeness (QED) is 0.278. The summed E-state index contributed by atoms with van der Waals surface area (Å²) < 4.78 is 0.573. The van der Waals surface area contributed by atoms with Gasteiger partial charge in [-0.2, -0.15) is 0 Å². The summed E-state index contributed by atoms with van der Waals surface area (Å²) in [6, 6.07) is 6.95. The molecule has 0 bridgehead atoms. The highest BCUT2D eigenvalue weighted by atomic mass is 35.5. The first-order chi connectivity index (χ1) is 13.5. The van der Waals surface area contributed by atoms with Crippen LogP contribution in [0, 0.1) is 5.41 Å². The molecule has 1 aliphatic rings. The third-order valence-electron chi connectivity index (χ3n) is 3.59. The Morgan fingerprint density at radius 3 is 2.39 bits per heavy atom. The van der Waals surface area contributed by atoms with Gasteiger partial charge in [0.2, 0.25) is 5.12 Å². The summed E-state index contributed by atoms with van der Waals surface area (Å²) in [5.74, 6) is 0.761. The van der Waals surface area contributed by atoms with Gasteiger partial charge < -0.3 is 10.2 Å². The second kappa shape index (κ2) is 11.4. The average molecular weight is 456 g/mol. The largest absolute Gasteiger partial charge is 0.350 e. The van der Waals surface area contributed by atoms with E-state index in [-0.39, 0.29) is 11.0 Å². The third kappa shape index (κ3) is 6.20. The number of carbonyl (C=O) groups excluding carboxylic acids is 2. The zero-order valence-corrected chi connectivity index (χ0v) is 18.9. The van der Waals surface area contributed by atoms with Crippen LogP contribution in [0.4, 0.5) is 0 Å². The Balaban J connectivity index is 0.00000136. The summed E-state index contributed by atoms with van der Waals surface area (Å²) in [4.78, 5) is 28.1. The number of amides is 1. The summed E-state index contributed by atoms with van der Waals surface area (Å²) >= 11 is 9.54. The highest BCUT2D eigenvalue weighted by Crippen LogP contribution is 2.24. The molecule has 0 aliphatic carbocycles. The summed E-state index contributed by atoms with van der Waals surface area (Å²) in [6.07, 6.45) is 4.06. The van der Waals surface area contributed by atoms with Gasteiger partial charge in [-0.05, 0) is 24.3 Å². The zero-order chi connectivity index (χ0) is 20.5. The van der Waals surface area contributed by atoms with Crippen molar-refractivity contribution in [3.8, 4) is 0 Å². The first-order valence-corrected chi connectivity index (χ1v) is 11.8. The van der Waals surface area contributed by atoms with Gasteiger partial charge in [-0.25, -0.2) is 0 Å². The molecule has 0 saturated heterocycles. The molecule has 150 valence electrons. The van der Waals surface area contributed by atoms with E-state index in [9.17, 15) is 9.59 Å². The van der Waals surface area contributed by atoms with Crippen molar-refractivity contribution in [3.05, 3.63) is 55.4 Å². The minimum atomic E-state index is -0.180. The highest BCUT2D eigenvalue weighted by Gasteiger charge is 2.17. The Labute approximate surface area is 182 Å². The van der Waals surface area contributed by atoms with Gasteiger partial charge in [0.25, 0.3) is 5.91 Å². The third-order valence-corrected chi connectivity index (χ3v) is 6.93. The van der Waals surface area contributed by atoms with E-state index in [4.69, 9.17) is 17.0 Å². The van der Waals surface area contributed by atoms with Gasteiger partial charge >= 0.3 is 0 Å². The van der Waals surface area contributed by atoms with Crippen LogP contribution in [0.1, 0.15) is 38.1 Å². The molecule has 28 heavy (non-hydrogen) atoms. The SMILES string of the molecule is CC.N=C(c1ccc(C(=O)SCCNC(=O)c2ccc(Cl)s2)s1)N1CC=CC1. The molecule has 3 heterocycles. The zero-order valence-electron chi connectivity index (χ0n) is 15.7. The second-order valence-corrected chi connectivity index (χ2v) is 9.25. The summed E-state index contributed by atoms with van der Waals surface area (Å²) in [5.41, 5.74) is 0. The standard InChI is InChI=1S/C17H16ClN3O2S3.C2H6/c18-14-6-5-12(26-14)16(22)20-7-10-24-17(23)13-4-3-11(25-13)15(19)21-8-1-2-9-21;1-2/h1-6,19H,7-10H2,(H,20,22);1-2H3. The van der Waals surface area contributed by atoms with E-state index < -0.39 is 0 Å². The van der Waals surface area contributed by atoms with Gasteiger partial charge in [0.1, 0.15) is 5.84 Å². The molecule has 2 aromatic heterocycles. The van der Waals surface area contributed by atoms with Crippen molar-refractivity contribution in [1.29, 1.82) is 5.41 Å². The number of rotatable bonds is 6. The van der Waals surface area contributed by atoms with Gasteiger partial charge in [-0.1, -0.05) is 49.4 Å². The Morgan fingerprint density at radius 2 is 1.75 bits per heavy atom. The van der Waals surface area contributed by atoms with E-state index >= 15 is 0 Å². The van der Waals surface area contributed by atoms with E-state index in [1.54, 1.807) is 18.2 Å². The lowest BCUT2D eigenvalue weighted by molar-refractivity contribution is 0.0959. The van der Waals surface area contributed by atoms with E-state index in [1.807, 2.05) is 37.0 Å². The van der Waals surface area contributed by atoms with Gasteiger partial charge in [0.05, 0.1) is 19.0 Å². The van der Waals surface area contributed by atoms with Crippen molar-refractivity contribution < 1.29 is 9.59 Å². The Morgan fingerprint density at radius 1 is 1.11 bits per heavy atom. The van der Waals surface area contributed by atoms with Crippen molar-refractivity contribution in [2.75, 3.05) is 25.4 Å². The first kappa shape index (κ1) is 22.7. The van der Waals surface area contributed by atoms with E-state index in [0.29, 0.717) is 32.2 Å². The molecule has 2 aromatic rings. The number of hydrogen-bond acceptors (Lipinski definition) is 6. The number of amidine groups is 1. The predicted molar refractivity (Wildman–Crippen MR) is 122 cm³/mol. The fourth-order valence-corrected chi connectivity index (χ4v) is 4.97. The van der Waals surface area contributed by atoms with E-state index in [2.05, 4.69) is 5.32 Å². The summed E-state index contributed by atoms with van der Waals surface area (Å²) in [6.45, 7) is 5.88. The lowest BCUT2D eigenvalue weighted by atomic mass is 10.4. The fraction of sp³-hybridized carbons (Fsp3) is 0.316. The first-order valence-electron chi connectivity index (χ1n) is 8.84. The molecule has 3 rings (SSSR count). The van der Waals surface area contributed by atoms with Crippen LogP contribution in [0.25, 0.3) is 0 Å². The molecule has 5 nitrogen and oxygen atoms in total. The number of thiophene rings is 2. The Kier molecular flexibility index (Phi) is 9.24. The van der Waals surface area contributed by atoms with Gasteiger partial charge in [0, 0.05) is 25.4 Å². The minimum absolute atomic E-state index is 0.0398. The maximum Gasteiger partial charge on any atom is 0.261 e. The van der Waals surface area contributed by atoms with Crippen LogP contribution in [0.15, 0.2) is 36.4 Å². The number of carbonyl (C=O) groups is 2. The van der Waals surface area contributed by atoms with Crippen LogP contribution in [0.3, 0.4) is 0 Å². The number of nitrogens with zero attached hydrogens (tertiary/aromatic N) is 1. The molecule has 0 aromatic carbocycles. The number of hydrogen-bond donors (Lipinski definition) is 2. The minimum Gasteiger partial charge on any atom is -0.350 e. The lowest BCUT2D eigenvalue weighted by Gasteiger charge is -2.16. The maximum absolute atomic E-state index is 12.3. The van der Waals surface area contributed by atoms with Gasteiger partial charge in [-0.3, -0.25) is 15.0 Å². The molecule has 0 saturated carbocycles. The number of halogens is 1. The fourth-order valence-electron chi connectivity index (χ4n) is 2.29. The van der Waals surface area contributed by atoms with Crippen molar-refractivity contribution in [2.45, 2.75) is 13.8 Å². The molecule has 1 amide bonds. The lowest BCUT2D eigenvalue weighted by Crippen LogP contribution is -2.27. The predicted octanol–water partition coefficient (Wildman–Crippen LogP) is 4.99. The maximum atomic E-state index is 12.3.